The summed E-state index contributed by atoms with van der Waals surface area (Å²) in [6.07, 6.45) is 2.23. The third-order valence-electron chi connectivity index (χ3n) is 6.31. The molecule has 0 fully saturated rings. The molecule has 0 bridgehead atoms. The summed E-state index contributed by atoms with van der Waals surface area (Å²) < 4.78 is 68.6. The molecule has 12 N–H and O–H groups in total. The van der Waals surface area contributed by atoms with Crippen molar-refractivity contribution in [2.75, 3.05) is 22.9 Å². The van der Waals surface area contributed by atoms with Crippen molar-refractivity contribution in [3.63, 3.8) is 0 Å². The van der Waals surface area contributed by atoms with Gasteiger partial charge in [-0.05, 0) is 59.7 Å². The van der Waals surface area contributed by atoms with E-state index < -0.39 is 42.0 Å². The third-order valence-corrected chi connectivity index (χ3v) is 8.13. The van der Waals surface area contributed by atoms with Gasteiger partial charge in [0.15, 0.2) is 0 Å². The number of carbonyl (C=O) groups is 2. The van der Waals surface area contributed by atoms with Crippen molar-refractivity contribution < 1.29 is 75.3 Å². The number of nitrogen functional groups attached to an aromatic ring is 4. The maximum absolute atomic E-state index is 12.2. The van der Waals surface area contributed by atoms with Gasteiger partial charge in [0.25, 0.3) is 20.2 Å². The zero-order chi connectivity index (χ0) is 35.6. The van der Waals surface area contributed by atoms with Crippen LogP contribution < -0.4 is 52.5 Å². The summed E-state index contributed by atoms with van der Waals surface area (Å²) in [4.78, 5) is 21.8. The number of nitrogens with zero attached hydrogens (tertiary/aromatic N) is 4. The van der Waals surface area contributed by atoms with Crippen LogP contribution in [-0.4, -0.2) is 48.1 Å². The van der Waals surface area contributed by atoms with Crippen LogP contribution in [0.2, 0.25) is 0 Å². The van der Waals surface area contributed by atoms with E-state index in [0.29, 0.717) is 0 Å². The molecule has 49 heavy (non-hydrogen) atoms. The van der Waals surface area contributed by atoms with Crippen molar-refractivity contribution in [1.82, 2.24) is 0 Å². The average molecular weight is 720 g/mol. The molecule has 0 aromatic heterocycles. The topological polar surface area (TPSA) is 337 Å². The second-order valence-electron chi connectivity index (χ2n) is 9.75. The Kier molecular flexibility index (Phi) is 11.6. The molecule has 0 aliphatic carbocycles. The van der Waals surface area contributed by atoms with Gasteiger partial charge in [0, 0.05) is 11.4 Å². The molecule has 0 spiro atoms. The zero-order valence-corrected chi connectivity index (χ0v) is 28.7. The van der Waals surface area contributed by atoms with Crippen LogP contribution in [0.5, 0.6) is 0 Å². The Labute approximate surface area is 299 Å². The van der Waals surface area contributed by atoms with E-state index in [1.54, 1.807) is 0 Å². The molecule has 4 rings (SSSR count). The van der Waals surface area contributed by atoms with E-state index in [9.17, 15) is 45.7 Å². The van der Waals surface area contributed by atoms with Crippen molar-refractivity contribution in [3.05, 3.63) is 82.9 Å². The fourth-order valence-corrected chi connectivity index (χ4v) is 5.60. The first-order valence-electron chi connectivity index (χ1n) is 12.9. The number of azo groups is 2. The van der Waals surface area contributed by atoms with Gasteiger partial charge in [0.1, 0.15) is 21.2 Å². The van der Waals surface area contributed by atoms with Gasteiger partial charge < -0.3 is 33.1 Å². The van der Waals surface area contributed by atoms with E-state index in [-0.39, 0.29) is 97.3 Å². The first-order valence-corrected chi connectivity index (χ1v) is 15.8. The number of carboxylic acids is 2. The number of aromatic carboxylic acids is 2. The van der Waals surface area contributed by atoms with Crippen molar-refractivity contribution in [3.8, 4) is 0 Å². The number of nitrogens with two attached hydrogens (primary N) is 4. The van der Waals surface area contributed by atoms with E-state index in [4.69, 9.17) is 22.9 Å². The van der Waals surface area contributed by atoms with Crippen LogP contribution in [0.1, 0.15) is 31.8 Å². The number of hydrogen-bond donors (Lipinski definition) is 8. The molecule has 0 unspecified atom stereocenters. The minimum absolute atomic E-state index is 0. The van der Waals surface area contributed by atoms with Crippen LogP contribution in [0.25, 0.3) is 12.2 Å². The molecule has 0 aliphatic rings. The Balaban J connectivity index is 0.00000650. The fraction of sp³-hybridized carbons (Fsp3) is 0. The maximum atomic E-state index is 12.2. The Hall–Kier alpha value is -5.22. The predicted octanol–water partition coefficient (Wildman–Crippen LogP) is 1.91. The molecule has 0 radical (unpaired) electrons. The summed E-state index contributed by atoms with van der Waals surface area (Å²) >= 11 is 0. The zero-order valence-electron chi connectivity index (χ0n) is 25.1. The third kappa shape index (κ3) is 9.23. The average Bonchev–Trinajstić information content (AvgIpc) is 2.97. The van der Waals surface area contributed by atoms with Crippen molar-refractivity contribution >= 4 is 89.8 Å². The van der Waals surface area contributed by atoms with E-state index >= 15 is 0 Å². The van der Waals surface area contributed by atoms with Crippen molar-refractivity contribution in [1.29, 1.82) is 0 Å². The molecule has 0 atom stereocenters. The first kappa shape index (κ1) is 38.2. The van der Waals surface area contributed by atoms with Crippen LogP contribution in [0, 0.1) is 0 Å². The SMILES string of the molecule is Nc1cc(N)c(N=Nc2ccc(/C=C/c3ccc(N=Nc4c(N)cc(N)cc4C(=O)O)cc3S(=O)(=O)O)c(S(=O)(=O)O)c2)c(C(=O)O)c1.[Na+]. The van der Waals surface area contributed by atoms with E-state index in [1.807, 2.05) is 0 Å². The molecule has 0 heterocycles. The van der Waals surface area contributed by atoms with E-state index in [0.717, 1.165) is 36.4 Å². The Bertz CT molecular complexity index is 2150. The van der Waals surface area contributed by atoms with Gasteiger partial charge in [0.2, 0.25) is 0 Å². The number of anilines is 4. The van der Waals surface area contributed by atoms with Crippen LogP contribution in [0.3, 0.4) is 0 Å². The quantitative estimate of drug-likeness (QED) is 0.0382. The number of carboxylic acid groups (broad SMARTS) is 2. The Morgan fingerprint density at radius 3 is 1.22 bits per heavy atom. The molecule has 248 valence electrons. The molecule has 4 aromatic carbocycles. The first-order chi connectivity index (χ1) is 22.3. The van der Waals surface area contributed by atoms with Gasteiger partial charge in [-0.3, -0.25) is 9.11 Å². The maximum Gasteiger partial charge on any atom is 1.00 e. The Morgan fingerprint density at radius 2 is 0.918 bits per heavy atom. The van der Waals surface area contributed by atoms with Crippen molar-refractivity contribution in [2.24, 2.45) is 20.5 Å². The molecule has 4 aromatic rings. The minimum Gasteiger partial charge on any atom is -0.478 e. The van der Waals surface area contributed by atoms with Gasteiger partial charge in [-0.15, -0.1) is 10.2 Å². The summed E-state index contributed by atoms with van der Waals surface area (Å²) in [7, 11) is -9.83. The monoisotopic (exact) mass is 719 g/mol. The Morgan fingerprint density at radius 1 is 0.571 bits per heavy atom. The molecule has 0 saturated heterocycles. The molecular weight excluding hydrogens is 695 g/mol. The van der Waals surface area contributed by atoms with Crippen LogP contribution in [0.15, 0.2) is 90.9 Å². The van der Waals surface area contributed by atoms with E-state index in [2.05, 4.69) is 20.5 Å². The molecule has 0 amide bonds. The largest absolute Gasteiger partial charge is 1.00 e. The second kappa shape index (κ2) is 14.9. The van der Waals surface area contributed by atoms with Crippen molar-refractivity contribution in [2.45, 2.75) is 9.79 Å². The predicted molar refractivity (Wildman–Crippen MR) is 174 cm³/mol. The van der Waals surface area contributed by atoms with Crippen LogP contribution >= 0.6 is 0 Å². The number of hydrogen-bond acceptors (Lipinski definition) is 14. The van der Waals surface area contributed by atoms with Gasteiger partial charge in [-0.25, -0.2) is 9.59 Å². The summed E-state index contributed by atoms with van der Waals surface area (Å²) in [5.41, 5.74) is 20.9. The van der Waals surface area contributed by atoms with Crippen LogP contribution in [0.4, 0.5) is 45.5 Å². The van der Waals surface area contributed by atoms with Crippen LogP contribution in [-0.2, 0) is 20.2 Å². The summed E-state index contributed by atoms with van der Waals surface area (Å²) in [6.45, 7) is 0. The minimum atomic E-state index is -4.92. The molecule has 0 saturated carbocycles. The number of rotatable bonds is 10. The molecular formula is C28H24N8NaO10S2+. The summed E-state index contributed by atoms with van der Waals surface area (Å²) in [5.74, 6) is -2.80. The normalized spacial score (nSPS) is 12.0. The molecule has 18 nitrogen and oxygen atoms in total. The fourth-order valence-electron chi connectivity index (χ4n) is 4.20. The summed E-state index contributed by atoms with van der Waals surface area (Å²) in [5, 5.41) is 34.1. The second-order valence-corrected chi connectivity index (χ2v) is 12.5. The molecule has 0 aliphatic heterocycles. The smallest absolute Gasteiger partial charge is 0.478 e. The van der Waals surface area contributed by atoms with Gasteiger partial charge in [-0.1, -0.05) is 24.3 Å². The standard InChI is InChI=1S/C28H24N8O10S2.Na/c29-15-7-19(27(37)38)25(21(31)9-15)35-33-17-5-3-13(23(11-17)47(41,42)43)1-2-14-4-6-18(12-24(14)48(44,45)46)34-36-26-20(28(39)40)8-16(30)10-22(26)32;/h1-12H,29-32H2,(H,37,38)(H,39,40)(H,41,42,43)(H,44,45,46);/q;+1/b2-1+,35-33?,36-34?;. The van der Waals surface area contributed by atoms with Gasteiger partial charge in [0.05, 0.1) is 33.9 Å². The summed E-state index contributed by atoms with van der Waals surface area (Å²) in [6, 6.07) is 11.4. The van der Waals surface area contributed by atoms with E-state index in [1.165, 1.54) is 36.4 Å². The molecule has 21 heteroatoms. The van der Waals surface area contributed by atoms with Gasteiger partial charge >= 0.3 is 41.5 Å². The number of benzene rings is 4. The van der Waals surface area contributed by atoms with Gasteiger partial charge in [-0.2, -0.15) is 27.1 Å².